The molecule has 0 spiro atoms. The molecule has 1 fully saturated rings. The minimum atomic E-state index is 0.313. The molecule has 1 atom stereocenters. The van der Waals surface area contributed by atoms with E-state index in [2.05, 4.69) is 29.2 Å². The Balaban J connectivity index is 1.64. The third kappa shape index (κ3) is 3.55. The quantitative estimate of drug-likeness (QED) is 0.934. The number of nitrogens with zero attached hydrogens (tertiary/aromatic N) is 1. The summed E-state index contributed by atoms with van der Waals surface area (Å²) >= 11 is 0. The van der Waals surface area contributed by atoms with Crippen molar-refractivity contribution in [3.05, 3.63) is 47.7 Å². The second kappa shape index (κ2) is 6.46. The Morgan fingerprint density at radius 3 is 2.67 bits per heavy atom. The van der Waals surface area contributed by atoms with Crippen molar-refractivity contribution < 1.29 is 9.52 Å². The van der Waals surface area contributed by atoms with Crippen LogP contribution < -0.4 is 0 Å². The Morgan fingerprint density at radius 1 is 1.19 bits per heavy atom. The van der Waals surface area contributed by atoms with Crippen LogP contribution in [0, 0.1) is 12.8 Å². The van der Waals surface area contributed by atoms with Gasteiger partial charge in [0.1, 0.15) is 11.5 Å². The number of furan rings is 1. The summed E-state index contributed by atoms with van der Waals surface area (Å²) in [5, 5.41) is 9.30. The highest BCUT2D eigenvalue weighted by molar-refractivity contribution is 5.57. The number of benzene rings is 1. The van der Waals surface area contributed by atoms with Crippen LogP contribution in [0.2, 0.25) is 0 Å². The molecule has 1 aromatic carbocycles. The lowest BCUT2D eigenvalue weighted by Crippen LogP contribution is -2.36. The second-order valence-corrected chi connectivity index (χ2v) is 6.03. The lowest BCUT2D eigenvalue weighted by Gasteiger charge is -2.31. The number of aliphatic hydroxyl groups is 1. The standard InChI is InChI=1S/C18H23NO2/c1-14-4-9-18(21-14)17-7-5-15(6-8-17)11-19-10-2-3-16(12-19)13-20/h4-9,16,20H,2-3,10-13H2,1H3/t16-/m1/s1. The summed E-state index contributed by atoms with van der Waals surface area (Å²) in [5.41, 5.74) is 2.44. The maximum absolute atomic E-state index is 9.30. The van der Waals surface area contributed by atoms with Crippen LogP contribution in [0.4, 0.5) is 0 Å². The Morgan fingerprint density at radius 2 is 2.00 bits per heavy atom. The molecule has 1 aliphatic heterocycles. The highest BCUT2D eigenvalue weighted by Crippen LogP contribution is 2.23. The first-order valence-corrected chi connectivity index (χ1v) is 7.73. The van der Waals surface area contributed by atoms with Crippen LogP contribution in [0.5, 0.6) is 0 Å². The molecule has 0 bridgehead atoms. The minimum Gasteiger partial charge on any atom is -0.461 e. The smallest absolute Gasteiger partial charge is 0.134 e. The molecule has 0 aliphatic carbocycles. The zero-order chi connectivity index (χ0) is 14.7. The van der Waals surface area contributed by atoms with E-state index in [1.54, 1.807) is 0 Å². The predicted molar refractivity (Wildman–Crippen MR) is 84.0 cm³/mol. The first-order chi connectivity index (χ1) is 10.2. The summed E-state index contributed by atoms with van der Waals surface area (Å²) in [6, 6.07) is 12.6. The van der Waals surface area contributed by atoms with Crippen LogP contribution in [-0.2, 0) is 6.54 Å². The number of rotatable bonds is 4. The van der Waals surface area contributed by atoms with Crippen LogP contribution in [0.25, 0.3) is 11.3 Å². The SMILES string of the molecule is Cc1ccc(-c2ccc(CN3CCC[C@@H](CO)C3)cc2)o1. The highest BCUT2D eigenvalue weighted by atomic mass is 16.3. The van der Waals surface area contributed by atoms with Crippen LogP contribution in [0.15, 0.2) is 40.8 Å². The summed E-state index contributed by atoms with van der Waals surface area (Å²) in [6.45, 7) is 5.39. The van der Waals surface area contributed by atoms with Gasteiger partial charge < -0.3 is 9.52 Å². The number of piperidine rings is 1. The average Bonchev–Trinajstić information content (AvgIpc) is 2.95. The number of hydrogen-bond donors (Lipinski definition) is 1. The summed E-state index contributed by atoms with van der Waals surface area (Å²) in [4.78, 5) is 2.44. The molecular formula is C18H23NO2. The molecule has 0 unspecified atom stereocenters. The molecule has 1 aliphatic rings. The van der Waals surface area contributed by atoms with E-state index in [0.717, 1.165) is 43.1 Å². The lowest BCUT2D eigenvalue weighted by molar-refractivity contribution is 0.116. The van der Waals surface area contributed by atoms with Crippen molar-refractivity contribution in [2.45, 2.75) is 26.3 Å². The number of likely N-dealkylation sites (tertiary alicyclic amines) is 1. The predicted octanol–water partition coefficient (Wildman–Crippen LogP) is 3.46. The Labute approximate surface area is 126 Å². The zero-order valence-electron chi connectivity index (χ0n) is 12.6. The topological polar surface area (TPSA) is 36.6 Å². The third-order valence-corrected chi connectivity index (χ3v) is 4.25. The Hall–Kier alpha value is -1.58. The number of aryl methyl sites for hydroxylation is 1. The highest BCUT2D eigenvalue weighted by Gasteiger charge is 2.19. The van der Waals surface area contributed by atoms with E-state index < -0.39 is 0 Å². The molecule has 3 heteroatoms. The van der Waals surface area contributed by atoms with Gasteiger partial charge in [-0.1, -0.05) is 24.3 Å². The Bertz CT molecular complexity index is 573. The van der Waals surface area contributed by atoms with E-state index in [9.17, 15) is 5.11 Å². The first-order valence-electron chi connectivity index (χ1n) is 7.73. The molecular weight excluding hydrogens is 262 g/mol. The lowest BCUT2D eigenvalue weighted by atomic mass is 9.98. The van der Waals surface area contributed by atoms with E-state index in [1.807, 2.05) is 19.1 Å². The van der Waals surface area contributed by atoms with Crippen molar-refractivity contribution in [2.75, 3.05) is 19.7 Å². The van der Waals surface area contributed by atoms with E-state index in [1.165, 1.54) is 12.0 Å². The van der Waals surface area contributed by atoms with Gasteiger partial charge >= 0.3 is 0 Å². The van der Waals surface area contributed by atoms with Gasteiger partial charge in [0, 0.05) is 25.3 Å². The van der Waals surface area contributed by atoms with E-state index in [-0.39, 0.29) is 0 Å². The van der Waals surface area contributed by atoms with Crippen molar-refractivity contribution in [2.24, 2.45) is 5.92 Å². The molecule has 3 rings (SSSR count). The molecule has 0 radical (unpaired) electrons. The van der Waals surface area contributed by atoms with Gasteiger partial charge in [0.05, 0.1) is 0 Å². The molecule has 1 N–H and O–H groups in total. The minimum absolute atomic E-state index is 0.313. The zero-order valence-corrected chi connectivity index (χ0v) is 12.6. The summed E-state index contributed by atoms with van der Waals surface area (Å²) < 4.78 is 5.65. The molecule has 0 amide bonds. The molecule has 3 nitrogen and oxygen atoms in total. The maximum atomic E-state index is 9.30. The second-order valence-electron chi connectivity index (χ2n) is 6.03. The van der Waals surface area contributed by atoms with Crippen LogP contribution >= 0.6 is 0 Å². The molecule has 1 saturated heterocycles. The van der Waals surface area contributed by atoms with Crippen molar-refractivity contribution in [3.8, 4) is 11.3 Å². The normalized spacial score (nSPS) is 19.8. The summed E-state index contributed by atoms with van der Waals surface area (Å²) in [6.07, 6.45) is 2.35. The monoisotopic (exact) mass is 285 g/mol. The summed E-state index contributed by atoms with van der Waals surface area (Å²) in [5.74, 6) is 2.32. The molecule has 0 saturated carbocycles. The van der Waals surface area contributed by atoms with Gasteiger partial charge in [-0.15, -0.1) is 0 Å². The molecule has 112 valence electrons. The molecule has 2 heterocycles. The summed E-state index contributed by atoms with van der Waals surface area (Å²) in [7, 11) is 0. The van der Waals surface area contributed by atoms with Crippen LogP contribution in [-0.4, -0.2) is 29.7 Å². The molecule has 2 aromatic rings. The number of aliphatic hydroxyl groups excluding tert-OH is 1. The van der Waals surface area contributed by atoms with E-state index >= 15 is 0 Å². The van der Waals surface area contributed by atoms with Crippen LogP contribution in [0.1, 0.15) is 24.2 Å². The van der Waals surface area contributed by atoms with Crippen molar-refractivity contribution in [1.29, 1.82) is 0 Å². The van der Waals surface area contributed by atoms with Gasteiger partial charge in [0.25, 0.3) is 0 Å². The molecule has 21 heavy (non-hydrogen) atoms. The largest absolute Gasteiger partial charge is 0.461 e. The van der Waals surface area contributed by atoms with E-state index in [0.29, 0.717) is 12.5 Å². The van der Waals surface area contributed by atoms with Gasteiger partial charge in [0.15, 0.2) is 0 Å². The van der Waals surface area contributed by atoms with Gasteiger partial charge in [-0.25, -0.2) is 0 Å². The van der Waals surface area contributed by atoms with Crippen LogP contribution in [0.3, 0.4) is 0 Å². The van der Waals surface area contributed by atoms with Gasteiger partial charge in [0.2, 0.25) is 0 Å². The maximum Gasteiger partial charge on any atom is 0.134 e. The van der Waals surface area contributed by atoms with E-state index in [4.69, 9.17) is 4.42 Å². The fraction of sp³-hybridized carbons (Fsp3) is 0.444. The van der Waals surface area contributed by atoms with Gasteiger partial charge in [-0.3, -0.25) is 4.90 Å². The van der Waals surface area contributed by atoms with Gasteiger partial charge in [-0.2, -0.15) is 0 Å². The number of hydrogen-bond acceptors (Lipinski definition) is 3. The third-order valence-electron chi connectivity index (χ3n) is 4.25. The first kappa shape index (κ1) is 14.4. The molecule has 1 aromatic heterocycles. The fourth-order valence-electron chi connectivity index (χ4n) is 3.07. The Kier molecular flexibility index (Phi) is 4.42. The van der Waals surface area contributed by atoms with Gasteiger partial charge in [-0.05, 0) is 49.9 Å². The van der Waals surface area contributed by atoms with Crippen molar-refractivity contribution in [1.82, 2.24) is 4.90 Å². The van der Waals surface area contributed by atoms with Crippen molar-refractivity contribution in [3.63, 3.8) is 0 Å². The average molecular weight is 285 g/mol. The fourth-order valence-corrected chi connectivity index (χ4v) is 3.07. The van der Waals surface area contributed by atoms with Crippen molar-refractivity contribution >= 4 is 0 Å².